The Kier molecular flexibility index (Phi) is 3.83. The number of aromatic nitrogens is 1. The monoisotopic (exact) mass is 266 g/mol. The van der Waals surface area contributed by atoms with Gasteiger partial charge in [-0.1, -0.05) is 5.16 Å². The molecule has 0 aromatic carbocycles. The second kappa shape index (κ2) is 5.23. The van der Waals surface area contributed by atoms with Crippen molar-refractivity contribution in [3.05, 3.63) is 17.5 Å². The molecule has 19 heavy (non-hydrogen) atoms. The summed E-state index contributed by atoms with van der Waals surface area (Å²) in [6.07, 6.45) is 1.57. The van der Waals surface area contributed by atoms with E-state index >= 15 is 0 Å². The smallest absolute Gasteiger partial charge is 0.410 e. The van der Waals surface area contributed by atoms with Gasteiger partial charge in [0, 0.05) is 25.1 Å². The van der Waals surface area contributed by atoms with Crippen LogP contribution < -0.4 is 0 Å². The Morgan fingerprint density at radius 3 is 2.53 bits per heavy atom. The SMILES string of the molecule is Cc1cc(C2CCN(C(=O)OC(C)(C)C)CC2)on1. The standard InChI is InChI=1S/C14H22N2O3/c1-10-9-12(19-15-10)11-5-7-16(8-6-11)13(17)18-14(2,3)4/h9,11H,5-8H2,1-4H3. The first kappa shape index (κ1) is 13.9. The molecule has 2 rings (SSSR count). The third-order valence-corrected chi connectivity index (χ3v) is 3.20. The first-order chi connectivity index (χ1) is 8.85. The molecule has 5 nitrogen and oxygen atoms in total. The number of likely N-dealkylation sites (tertiary alicyclic amines) is 1. The van der Waals surface area contributed by atoms with Crippen LogP contribution in [0.1, 0.15) is 51.0 Å². The molecule has 1 aliphatic rings. The van der Waals surface area contributed by atoms with Crippen molar-refractivity contribution in [3.63, 3.8) is 0 Å². The van der Waals surface area contributed by atoms with Crippen molar-refractivity contribution in [1.82, 2.24) is 10.1 Å². The van der Waals surface area contributed by atoms with Crippen molar-refractivity contribution in [1.29, 1.82) is 0 Å². The highest BCUT2D eigenvalue weighted by molar-refractivity contribution is 5.68. The number of hydrogen-bond acceptors (Lipinski definition) is 4. The Bertz CT molecular complexity index is 440. The van der Waals surface area contributed by atoms with E-state index in [4.69, 9.17) is 9.26 Å². The molecule has 2 heterocycles. The average molecular weight is 266 g/mol. The number of piperidine rings is 1. The molecule has 0 bridgehead atoms. The van der Waals surface area contributed by atoms with Crippen LogP contribution in [0, 0.1) is 6.92 Å². The lowest BCUT2D eigenvalue weighted by molar-refractivity contribution is 0.0199. The van der Waals surface area contributed by atoms with E-state index in [2.05, 4.69) is 5.16 Å². The zero-order valence-electron chi connectivity index (χ0n) is 12.1. The van der Waals surface area contributed by atoms with E-state index in [1.165, 1.54) is 0 Å². The third kappa shape index (κ3) is 3.72. The molecule has 1 saturated heterocycles. The van der Waals surface area contributed by atoms with E-state index in [9.17, 15) is 4.79 Å². The van der Waals surface area contributed by atoms with Crippen molar-refractivity contribution in [3.8, 4) is 0 Å². The van der Waals surface area contributed by atoms with Gasteiger partial charge >= 0.3 is 6.09 Å². The highest BCUT2D eigenvalue weighted by Gasteiger charge is 2.28. The summed E-state index contributed by atoms with van der Waals surface area (Å²) in [5.74, 6) is 1.29. The first-order valence-electron chi connectivity index (χ1n) is 6.76. The highest BCUT2D eigenvalue weighted by atomic mass is 16.6. The first-order valence-corrected chi connectivity index (χ1v) is 6.76. The summed E-state index contributed by atoms with van der Waals surface area (Å²) in [6.45, 7) is 8.99. The number of carbonyl (C=O) groups excluding carboxylic acids is 1. The van der Waals surface area contributed by atoms with E-state index in [1.807, 2.05) is 33.8 Å². The number of aryl methyl sites for hydroxylation is 1. The number of carbonyl (C=O) groups is 1. The zero-order chi connectivity index (χ0) is 14.0. The Morgan fingerprint density at radius 1 is 1.42 bits per heavy atom. The lowest BCUT2D eigenvalue weighted by Crippen LogP contribution is -2.41. The molecular weight excluding hydrogens is 244 g/mol. The summed E-state index contributed by atoms with van der Waals surface area (Å²) < 4.78 is 10.7. The molecule has 0 unspecified atom stereocenters. The van der Waals surface area contributed by atoms with Gasteiger partial charge in [0.1, 0.15) is 11.4 Å². The number of rotatable bonds is 1. The van der Waals surface area contributed by atoms with Crippen molar-refractivity contribution in [2.75, 3.05) is 13.1 Å². The second-order valence-corrected chi connectivity index (χ2v) is 6.11. The van der Waals surface area contributed by atoms with E-state index in [0.717, 1.165) is 24.3 Å². The topological polar surface area (TPSA) is 55.6 Å². The summed E-state index contributed by atoms with van der Waals surface area (Å²) in [4.78, 5) is 13.7. The van der Waals surface area contributed by atoms with Crippen LogP contribution in [0.25, 0.3) is 0 Å². The molecule has 1 aromatic heterocycles. The van der Waals surface area contributed by atoms with Gasteiger partial charge < -0.3 is 14.2 Å². The molecule has 1 aliphatic heterocycles. The predicted octanol–water partition coefficient (Wildman–Crippen LogP) is 3.10. The molecule has 0 atom stereocenters. The summed E-state index contributed by atoms with van der Waals surface area (Å²) >= 11 is 0. The molecule has 106 valence electrons. The number of ether oxygens (including phenoxy) is 1. The minimum atomic E-state index is -0.435. The zero-order valence-corrected chi connectivity index (χ0v) is 12.1. The van der Waals surface area contributed by atoms with E-state index < -0.39 is 5.60 Å². The number of nitrogens with zero attached hydrogens (tertiary/aromatic N) is 2. The van der Waals surface area contributed by atoms with E-state index in [1.54, 1.807) is 4.90 Å². The summed E-state index contributed by atoms with van der Waals surface area (Å²) in [6, 6.07) is 1.98. The van der Waals surface area contributed by atoms with Gasteiger partial charge in [-0.05, 0) is 40.5 Å². The summed E-state index contributed by atoms with van der Waals surface area (Å²) in [7, 11) is 0. The minimum absolute atomic E-state index is 0.222. The molecule has 0 spiro atoms. The lowest BCUT2D eigenvalue weighted by atomic mass is 9.94. The average Bonchev–Trinajstić information content (AvgIpc) is 2.74. The molecule has 0 aliphatic carbocycles. The molecule has 0 N–H and O–H groups in total. The van der Waals surface area contributed by atoms with Gasteiger partial charge in [-0.25, -0.2) is 4.79 Å². The number of amides is 1. The van der Waals surface area contributed by atoms with Crippen molar-refractivity contribution in [2.45, 2.75) is 52.1 Å². The largest absolute Gasteiger partial charge is 0.444 e. The van der Waals surface area contributed by atoms with Gasteiger partial charge in [-0.2, -0.15) is 0 Å². The second-order valence-electron chi connectivity index (χ2n) is 6.11. The molecule has 1 aromatic rings. The highest BCUT2D eigenvalue weighted by Crippen LogP contribution is 2.29. The van der Waals surface area contributed by atoms with Gasteiger partial charge in [-0.15, -0.1) is 0 Å². The number of hydrogen-bond donors (Lipinski definition) is 0. The Balaban J connectivity index is 1.87. The molecular formula is C14H22N2O3. The maximum Gasteiger partial charge on any atom is 0.410 e. The van der Waals surface area contributed by atoms with Crippen molar-refractivity contribution < 1.29 is 14.1 Å². The van der Waals surface area contributed by atoms with Crippen LogP contribution in [0.15, 0.2) is 10.6 Å². The fourth-order valence-electron chi connectivity index (χ4n) is 2.25. The van der Waals surface area contributed by atoms with Crippen LogP contribution in [-0.4, -0.2) is 34.8 Å². The van der Waals surface area contributed by atoms with E-state index in [-0.39, 0.29) is 6.09 Å². The molecule has 5 heteroatoms. The van der Waals surface area contributed by atoms with E-state index in [0.29, 0.717) is 19.0 Å². The normalized spacial score (nSPS) is 17.6. The van der Waals surface area contributed by atoms with Crippen LogP contribution in [0.4, 0.5) is 4.79 Å². The molecule has 1 amide bonds. The van der Waals surface area contributed by atoms with Gasteiger partial charge in [0.15, 0.2) is 0 Å². The van der Waals surface area contributed by atoms with Crippen LogP contribution in [0.3, 0.4) is 0 Å². The fraction of sp³-hybridized carbons (Fsp3) is 0.714. The maximum atomic E-state index is 11.9. The van der Waals surface area contributed by atoms with Crippen LogP contribution in [0.5, 0.6) is 0 Å². The fourth-order valence-corrected chi connectivity index (χ4v) is 2.25. The van der Waals surface area contributed by atoms with Crippen molar-refractivity contribution >= 4 is 6.09 Å². The molecule has 0 saturated carbocycles. The van der Waals surface area contributed by atoms with Gasteiger partial charge in [0.05, 0.1) is 5.69 Å². The lowest BCUT2D eigenvalue weighted by Gasteiger charge is -2.32. The van der Waals surface area contributed by atoms with Crippen LogP contribution in [-0.2, 0) is 4.74 Å². The molecule has 1 fully saturated rings. The Hall–Kier alpha value is -1.52. The predicted molar refractivity (Wildman–Crippen MR) is 71.0 cm³/mol. The van der Waals surface area contributed by atoms with Crippen LogP contribution >= 0.6 is 0 Å². The Morgan fingerprint density at radius 2 is 2.05 bits per heavy atom. The van der Waals surface area contributed by atoms with Crippen molar-refractivity contribution in [2.24, 2.45) is 0 Å². The minimum Gasteiger partial charge on any atom is -0.444 e. The summed E-state index contributed by atoms with van der Waals surface area (Å²) in [5.41, 5.74) is 0.472. The van der Waals surface area contributed by atoms with Gasteiger partial charge in [0.25, 0.3) is 0 Å². The third-order valence-electron chi connectivity index (χ3n) is 3.20. The van der Waals surface area contributed by atoms with Gasteiger partial charge in [-0.3, -0.25) is 0 Å². The molecule has 0 radical (unpaired) electrons. The Labute approximate surface area is 113 Å². The van der Waals surface area contributed by atoms with Gasteiger partial charge in [0.2, 0.25) is 0 Å². The maximum absolute atomic E-state index is 11.9. The van der Waals surface area contributed by atoms with Crippen LogP contribution in [0.2, 0.25) is 0 Å². The quantitative estimate of drug-likeness (QED) is 0.783. The summed E-state index contributed by atoms with van der Waals surface area (Å²) in [5, 5.41) is 3.91.